The maximum atomic E-state index is 9.76. The summed E-state index contributed by atoms with van der Waals surface area (Å²) >= 11 is 6.55. The van der Waals surface area contributed by atoms with Crippen molar-refractivity contribution in [3.05, 3.63) is 46.7 Å². The number of para-hydroxylation sites is 1. The van der Waals surface area contributed by atoms with Crippen LogP contribution < -0.4 is 5.32 Å². The minimum absolute atomic E-state index is 0.0892. The van der Waals surface area contributed by atoms with Crippen molar-refractivity contribution in [1.82, 2.24) is 15.1 Å². The third-order valence-electron chi connectivity index (χ3n) is 4.81. The molecule has 1 aliphatic rings. The molecule has 0 bridgehead atoms. The van der Waals surface area contributed by atoms with Gasteiger partial charge in [0.25, 0.3) is 0 Å². The van der Waals surface area contributed by atoms with E-state index in [0.29, 0.717) is 24.9 Å². The van der Waals surface area contributed by atoms with E-state index in [0.717, 1.165) is 36.3 Å². The number of nitrogens with zero attached hydrogens (tertiary/aromatic N) is 2. The number of hydrogen-bond donors (Lipinski definition) is 2. The third-order valence-corrected chi connectivity index (χ3v) is 5.20. The molecule has 0 amide bonds. The summed E-state index contributed by atoms with van der Waals surface area (Å²) in [5.41, 5.74) is 2.78. The quantitative estimate of drug-likeness (QED) is 0.841. The molecule has 1 saturated heterocycles. The molecule has 0 atom stereocenters. The minimum atomic E-state index is -0.0892. The molecular weight excluding hydrogens is 326 g/mol. The van der Waals surface area contributed by atoms with Crippen molar-refractivity contribution in [3.63, 3.8) is 0 Å². The lowest BCUT2D eigenvalue weighted by molar-refractivity contribution is -0.0154. The van der Waals surface area contributed by atoms with Gasteiger partial charge in [-0.25, -0.2) is 4.68 Å². The number of ether oxygens (including phenoxy) is 1. The fourth-order valence-electron chi connectivity index (χ4n) is 3.12. The predicted molar refractivity (Wildman–Crippen MR) is 94.6 cm³/mol. The largest absolute Gasteiger partial charge is 0.396 e. The molecule has 2 N–H and O–H groups in total. The van der Waals surface area contributed by atoms with E-state index in [-0.39, 0.29) is 12.0 Å². The van der Waals surface area contributed by atoms with Gasteiger partial charge in [0.15, 0.2) is 0 Å². The van der Waals surface area contributed by atoms with Crippen molar-refractivity contribution in [2.24, 2.45) is 5.41 Å². The lowest BCUT2D eigenvalue weighted by atomic mass is 9.81. The highest BCUT2D eigenvalue weighted by atomic mass is 35.5. The van der Waals surface area contributed by atoms with Gasteiger partial charge in [0.1, 0.15) is 5.15 Å². The molecule has 1 aliphatic heterocycles. The smallest absolute Gasteiger partial charge is 0.137 e. The van der Waals surface area contributed by atoms with Crippen LogP contribution in [-0.4, -0.2) is 41.3 Å². The standard InChI is InChI=1S/C18H24ClN3O2/c1-14-16(11-20-12-18(13-23)7-9-24-10-8-18)17(19)22(21-14)15-5-3-2-4-6-15/h2-6,20,23H,7-13H2,1H3. The monoisotopic (exact) mass is 349 g/mol. The van der Waals surface area contributed by atoms with Gasteiger partial charge in [-0.3, -0.25) is 0 Å². The van der Waals surface area contributed by atoms with Crippen LogP contribution in [0.1, 0.15) is 24.1 Å². The van der Waals surface area contributed by atoms with Crippen LogP contribution in [0.15, 0.2) is 30.3 Å². The first kappa shape index (κ1) is 17.4. The lowest BCUT2D eigenvalue weighted by Crippen LogP contribution is -2.41. The summed E-state index contributed by atoms with van der Waals surface area (Å²) in [5.74, 6) is 0. The van der Waals surface area contributed by atoms with E-state index in [9.17, 15) is 5.11 Å². The van der Waals surface area contributed by atoms with Crippen molar-refractivity contribution in [3.8, 4) is 5.69 Å². The summed E-state index contributed by atoms with van der Waals surface area (Å²) in [6, 6.07) is 9.88. The summed E-state index contributed by atoms with van der Waals surface area (Å²) in [6.07, 6.45) is 1.76. The Morgan fingerprint density at radius 2 is 2.00 bits per heavy atom. The number of rotatable bonds is 6. The number of nitrogens with one attached hydrogen (secondary N) is 1. The molecule has 5 nitrogen and oxygen atoms in total. The molecule has 0 aliphatic carbocycles. The minimum Gasteiger partial charge on any atom is -0.396 e. The predicted octanol–water partition coefficient (Wildman–Crippen LogP) is 2.71. The zero-order valence-corrected chi connectivity index (χ0v) is 14.7. The number of aromatic nitrogens is 2. The average Bonchev–Trinajstić information content (AvgIpc) is 2.91. The number of aliphatic hydroxyl groups excluding tert-OH is 1. The Morgan fingerprint density at radius 1 is 1.29 bits per heavy atom. The topological polar surface area (TPSA) is 59.3 Å². The van der Waals surface area contributed by atoms with Gasteiger partial charge in [0.05, 0.1) is 18.0 Å². The van der Waals surface area contributed by atoms with Gasteiger partial charge >= 0.3 is 0 Å². The fourth-order valence-corrected chi connectivity index (χ4v) is 3.46. The van der Waals surface area contributed by atoms with Crippen molar-refractivity contribution >= 4 is 11.6 Å². The van der Waals surface area contributed by atoms with E-state index in [1.165, 1.54) is 0 Å². The van der Waals surface area contributed by atoms with Gasteiger partial charge < -0.3 is 15.2 Å². The summed E-state index contributed by atoms with van der Waals surface area (Å²) in [6.45, 7) is 4.97. The molecule has 6 heteroatoms. The van der Waals surface area contributed by atoms with E-state index in [1.807, 2.05) is 37.3 Å². The molecule has 2 aromatic rings. The number of hydrogen-bond acceptors (Lipinski definition) is 4. The van der Waals surface area contributed by atoms with Gasteiger partial charge in [-0.05, 0) is 31.9 Å². The second-order valence-electron chi connectivity index (χ2n) is 6.48. The van der Waals surface area contributed by atoms with Crippen LogP contribution in [0.25, 0.3) is 5.69 Å². The molecule has 1 fully saturated rings. The van der Waals surface area contributed by atoms with Crippen LogP contribution in [0, 0.1) is 12.3 Å². The third kappa shape index (κ3) is 3.64. The molecule has 0 saturated carbocycles. The molecule has 0 radical (unpaired) electrons. The molecular formula is C18H24ClN3O2. The highest BCUT2D eigenvalue weighted by Crippen LogP contribution is 2.29. The van der Waals surface area contributed by atoms with Crippen molar-refractivity contribution in [1.29, 1.82) is 0 Å². The molecule has 130 valence electrons. The van der Waals surface area contributed by atoms with Gasteiger partial charge in [-0.1, -0.05) is 29.8 Å². The second-order valence-corrected chi connectivity index (χ2v) is 6.83. The van der Waals surface area contributed by atoms with E-state index in [4.69, 9.17) is 16.3 Å². The van der Waals surface area contributed by atoms with Crippen LogP contribution in [0.3, 0.4) is 0 Å². The van der Waals surface area contributed by atoms with Gasteiger partial charge in [0.2, 0.25) is 0 Å². The van der Waals surface area contributed by atoms with Crippen LogP contribution in [-0.2, 0) is 11.3 Å². The SMILES string of the molecule is Cc1nn(-c2ccccc2)c(Cl)c1CNCC1(CO)CCOCC1. The molecule has 2 heterocycles. The van der Waals surface area contributed by atoms with E-state index < -0.39 is 0 Å². The first-order chi connectivity index (χ1) is 11.7. The van der Waals surface area contributed by atoms with Crippen LogP contribution in [0.5, 0.6) is 0 Å². The molecule has 1 aromatic carbocycles. The highest BCUT2D eigenvalue weighted by Gasteiger charge is 2.31. The maximum absolute atomic E-state index is 9.76. The first-order valence-electron chi connectivity index (χ1n) is 8.34. The number of aliphatic hydroxyl groups is 1. The molecule has 24 heavy (non-hydrogen) atoms. The maximum Gasteiger partial charge on any atom is 0.137 e. The lowest BCUT2D eigenvalue weighted by Gasteiger charge is -2.35. The van der Waals surface area contributed by atoms with Crippen LogP contribution in [0.4, 0.5) is 0 Å². The number of benzene rings is 1. The summed E-state index contributed by atoms with van der Waals surface area (Å²) < 4.78 is 7.18. The zero-order chi connectivity index (χ0) is 17.0. The Balaban J connectivity index is 1.68. The average molecular weight is 350 g/mol. The van der Waals surface area contributed by atoms with Gasteiger partial charge in [0, 0.05) is 37.3 Å². The Labute approximate surface area is 147 Å². The number of halogens is 1. The zero-order valence-electron chi connectivity index (χ0n) is 14.0. The van der Waals surface area contributed by atoms with Crippen LogP contribution in [0.2, 0.25) is 5.15 Å². The Bertz CT molecular complexity index is 666. The summed E-state index contributed by atoms with van der Waals surface area (Å²) in [4.78, 5) is 0. The summed E-state index contributed by atoms with van der Waals surface area (Å²) in [7, 11) is 0. The molecule has 0 unspecified atom stereocenters. The van der Waals surface area contributed by atoms with Crippen molar-refractivity contribution in [2.45, 2.75) is 26.3 Å². The van der Waals surface area contributed by atoms with Crippen LogP contribution >= 0.6 is 11.6 Å². The van der Waals surface area contributed by atoms with Crippen molar-refractivity contribution in [2.75, 3.05) is 26.4 Å². The van der Waals surface area contributed by atoms with E-state index in [1.54, 1.807) is 4.68 Å². The molecule has 3 rings (SSSR count). The Morgan fingerprint density at radius 3 is 2.67 bits per heavy atom. The van der Waals surface area contributed by atoms with Gasteiger partial charge in [-0.15, -0.1) is 0 Å². The molecule has 0 spiro atoms. The normalized spacial score (nSPS) is 17.1. The van der Waals surface area contributed by atoms with E-state index in [2.05, 4.69) is 10.4 Å². The Kier molecular flexibility index (Phi) is 5.56. The number of aryl methyl sites for hydroxylation is 1. The van der Waals surface area contributed by atoms with E-state index >= 15 is 0 Å². The van der Waals surface area contributed by atoms with Gasteiger partial charge in [-0.2, -0.15) is 5.10 Å². The van der Waals surface area contributed by atoms with Crippen molar-refractivity contribution < 1.29 is 9.84 Å². The summed E-state index contributed by atoms with van der Waals surface area (Å²) in [5, 5.41) is 18.4. The fraction of sp³-hybridized carbons (Fsp3) is 0.500. The Hall–Kier alpha value is -1.40. The molecule has 1 aromatic heterocycles. The first-order valence-corrected chi connectivity index (χ1v) is 8.72. The second kappa shape index (κ2) is 7.66. The highest BCUT2D eigenvalue weighted by molar-refractivity contribution is 6.30.